The predicted molar refractivity (Wildman–Crippen MR) is 87.8 cm³/mol. The molecule has 0 amide bonds. The van der Waals surface area contributed by atoms with E-state index < -0.39 is 0 Å². The van der Waals surface area contributed by atoms with Crippen LogP contribution in [0.4, 0.5) is 0 Å². The first kappa shape index (κ1) is 14.5. The average Bonchev–Trinajstić information content (AvgIpc) is 2.96. The molecular formula is C17H19BrN2O. The van der Waals surface area contributed by atoms with Crippen molar-refractivity contribution < 1.29 is 0 Å². The Morgan fingerprint density at radius 3 is 2.81 bits per heavy atom. The van der Waals surface area contributed by atoms with Gasteiger partial charge >= 0.3 is 0 Å². The Morgan fingerprint density at radius 2 is 2.10 bits per heavy atom. The Kier molecular flexibility index (Phi) is 4.24. The predicted octanol–water partition coefficient (Wildman–Crippen LogP) is 4.09. The Morgan fingerprint density at radius 1 is 1.33 bits per heavy atom. The maximum Gasteiger partial charge on any atom is 0.265 e. The molecule has 0 aliphatic heterocycles. The van der Waals surface area contributed by atoms with E-state index in [0.29, 0.717) is 16.8 Å². The molecule has 110 valence electrons. The van der Waals surface area contributed by atoms with Crippen LogP contribution in [-0.2, 0) is 6.42 Å². The number of halogens is 1. The summed E-state index contributed by atoms with van der Waals surface area (Å²) in [5, 5.41) is 0. The zero-order valence-electron chi connectivity index (χ0n) is 12.2. The topological polar surface area (TPSA) is 45.8 Å². The third kappa shape index (κ3) is 3.26. The molecule has 3 nitrogen and oxygen atoms in total. The normalized spacial score (nSPS) is 15.5. The highest BCUT2D eigenvalue weighted by molar-refractivity contribution is 9.10. The lowest BCUT2D eigenvalue weighted by molar-refractivity contribution is 0.677. The summed E-state index contributed by atoms with van der Waals surface area (Å²) < 4.78 is 0.613. The van der Waals surface area contributed by atoms with Crippen molar-refractivity contribution in [3.63, 3.8) is 0 Å². The van der Waals surface area contributed by atoms with Crippen LogP contribution in [0, 0.1) is 6.92 Å². The molecule has 4 heteroatoms. The molecule has 0 atom stereocenters. The second-order valence-corrected chi connectivity index (χ2v) is 6.65. The van der Waals surface area contributed by atoms with Crippen LogP contribution in [0.3, 0.4) is 0 Å². The van der Waals surface area contributed by atoms with Gasteiger partial charge in [-0.3, -0.25) is 4.79 Å². The molecule has 0 unspecified atom stereocenters. The summed E-state index contributed by atoms with van der Waals surface area (Å²) in [6.45, 7) is 2.07. The molecule has 1 aromatic heterocycles. The number of aromatic amines is 1. The van der Waals surface area contributed by atoms with Crippen LogP contribution in [0.15, 0.2) is 33.5 Å². The lowest BCUT2D eigenvalue weighted by Gasteiger charge is -2.12. The molecule has 21 heavy (non-hydrogen) atoms. The van der Waals surface area contributed by atoms with Gasteiger partial charge in [-0.05, 0) is 41.3 Å². The summed E-state index contributed by atoms with van der Waals surface area (Å²) in [7, 11) is 0. The van der Waals surface area contributed by atoms with E-state index in [1.807, 2.05) is 6.07 Å². The first-order valence-electron chi connectivity index (χ1n) is 7.47. The van der Waals surface area contributed by atoms with Crippen molar-refractivity contribution in [1.82, 2.24) is 9.97 Å². The molecule has 0 bridgehead atoms. The molecule has 1 saturated carbocycles. The number of nitrogens with zero attached hydrogens (tertiary/aromatic N) is 1. The lowest BCUT2D eigenvalue weighted by Crippen LogP contribution is -2.17. The van der Waals surface area contributed by atoms with Gasteiger partial charge in [0.2, 0.25) is 0 Å². The van der Waals surface area contributed by atoms with Crippen molar-refractivity contribution in [2.75, 3.05) is 0 Å². The van der Waals surface area contributed by atoms with E-state index in [-0.39, 0.29) is 5.56 Å². The third-order valence-corrected chi connectivity index (χ3v) is 4.90. The van der Waals surface area contributed by atoms with Gasteiger partial charge in [0.25, 0.3) is 5.56 Å². The number of aryl methyl sites for hydroxylation is 1. The number of rotatable bonds is 3. The minimum atomic E-state index is -0.0606. The van der Waals surface area contributed by atoms with Crippen LogP contribution >= 0.6 is 15.9 Å². The fourth-order valence-electron chi connectivity index (χ4n) is 3.09. The Labute approximate surface area is 133 Å². The van der Waals surface area contributed by atoms with Crippen molar-refractivity contribution in [3.8, 4) is 0 Å². The molecule has 3 rings (SSSR count). The molecular weight excluding hydrogens is 328 g/mol. The quantitative estimate of drug-likeness (QED) is 0.909. The molecule has 1 aliphatic carbocycles. The van der Waals surface area contributed by atoms with Gasteiger partial charge in [-0.2, -0.15) is 0 Å². The molecule has 0 spiro atoms. The minimum Gasteiger partial charge on any atom is -0.309 e. The summed E-state index contributed by atoms with van der Waals surface area (Å²) in [5.41, 5.74) is 3.29. The lowest BCUT2D eigenvalue weighted by atomic mass is 10.0. The second kappa shape index (κ2) is 6.14. The van der Waals surface area contributed by atoms with Gasteiger partial charge in [-0.25, -0.2) is 4.98 Å². The number of nitrogens with one attached hydrogen (secondary N) is 1. The Bertz CT molecular complexity index is 702. The highest BCUT2D eigenvalue weighted by Crippen LogP contribution is 2.35. The van der Waals surface area contributed by atoms with Gasteiger partial charge in [0.15, 0.2) is 0 Å². The van der Waals surface area contributed by atoms with Crippen molar-refractivity contribution in [2.24, 2.45) is 0 Å². The summed E-state index contributed by atoms with van der Waals surface area (Å²) in [6, 6.07) is 8.33. The molecule has 1 N–H and O–H groups in total. The van der Waals surface area contributed by atoms with Crippen molar-refractivity contribution in [2.45, 2.75) is 44.9 Å². The number of H-pyrrole nitrogens is 1. The van der Waals surface area contributed by atoms with E-state index in [0.717, 1.165) is 24.4 Å². The van der Waals surface area contributed by atoms with Crippen LogP contribution < -0.4 is 5.56 Å². The molecule has 1 aliphatic rings. The van der Waals surface area contributed by atoms with Crippen LogP contribution in [0.2, 0.25) is 0 Å². The van der Waals surface area contributed by atoms with E-state index in [1.54, 1.807) is 0 Å². The van der Waals surface area contributed by atoms with Crippen molar-refractivity contribution >= 4 is 15.9 Å². The molecule has 1 aromatic carbocycles. The highest BCUT2D eigenvalue weighted by Gasteiger charge is 2.23. The maximum atomic E-state index is 12.1. The fourth-order valence-corrected chi connectivity index (χ4v) is 3.61. The minimum absolute atomic E-state index is 0.0606. The number of hydrogen-bond donors (Lipinski definition) is 1. The largest absolute Gasteiger partial charge is 0.309 e. The number of aromatic nitrogens is 2. The van der Waals surface area contributed by atoms with E-state index >= 15 is 0 Å². The zero-order valence-corrected chi connectivity index (χ0v) is 13.7. The molecule has 1 heterocycles. The summed E-state index contributed by atoms with van der Waals surface area (Å²) in [5.74, 6) is 1.19. The van der Waals surface area contributed by atoms with Crippen molar-refractivity contribution in [1.29, 1.82) is 0 Å². The maximum absolute atomic E-state index is 12.1. The summed E-state index contributed by atoms with van der Waals surface area (Å²) in [4.78, 5) is 19.8. The van der Waals surface area contributed by atoms with E-state index in [9.17, 15) is 4.79 Å². The van der Waals surface area contributed by atoms with E-state index in [4.69, 9.17) is 4.98 Å². The van der Waals surface area contributed by atoms with E-state index in [1.165, 1.54) is 24.0 Å². The van der Waals surface area contributed by atoms with Crippen LogP contribution in [0.1, 0.15) is 54.2 Å². The van der Waals surface area contributed by atoms with Gasteiger partial charge in [0, 0.05) is 12.3 Å². The smallest absolute Gasteiger partial charge is 0.265 e. The third-order valence-electron chi connectivity index (χ3n) is 4.13. The van der Waals surface area contributed by atoms with Crippen molar-refractivity contribution in [3.05, 3.63) is 61.7 Å². The molecule has 0 saturated heterocycles. The summed E-state index contributed by atoms with van der Waals surface area (Å²) in [6.07, 6.45) is 5.42. The Hall–Kier alpha value is -1.42. The second-order valence-electron chi connectivity index (χ2n) is 5.86. The van der Waals surface area contributed by atoms with E-state index in [2.05, 4.69) is 46.0 Å². The molecule has 2 aromatic rings. The van der Waals surface area contributed by atoms with Crippen LogP contribution in [-0.4, -0.2) is 9.97 Å². The number of benzene rings is 1. The number of hydrogen-bond acceptors (Lipinski definition) is 2. The first-order chi connectivity index (χ1) is 10.1. The first-order valence-corrected chi connectivity index (χ1v) is 8.27. The van der Waals surface area contributed by atoms with Gasteiger partial charge in [0.1, 0.15) is 10.3 Å². The van der Waals surface area contributed by atoms with Gasteiger partial charge in [-0.1, -0.05) is 42.7 Å². The fraction of sp³-hybridized carbons (Fsp3) is 0.412. The van der Waals surface area contributed by atoms with Gasteiger partial charge in [-0.15, -0.1) is 0 Å². The average molecular weight is 347 g/mol. The standard InChI is InChI=1S/C17H19BrN2O/c1-11-5-4-6-12(9-11)10-14-19-16(13-7-2-3-8-13)15(18)17(21)20-14/h4-6,9,13H,2-3,7-8,10H2,1H3,(H,19,20,21). The highest BCUT2D eigenvalue weighted by atomic mass is 79.9. The van der Waals surface area contributed by atoms with Crippen LogP contribution in [0.25, 0.3) is 0 Å². The van der Waals surface area contributed by atoms with Gasteiger partial charge < -0.3 is 4.98 Å². The molecule has 0 radical (unpaired) electrons. The molecule has 1 fully saturated rings. The SMILES string of the molecule is Cc1cccc(Cc2nc(C3CCCC3)c(Br)c(=O)[nH]2)c1. The van der Waals surface area contributed by atoms with Crippen LogP contribution in [0.5, 0.6) is 0 Å². The zero-order chi connectivity index (χ0) is 14.8. The summed E-state index contributed by atoms with van der Waals surface area (Å²) >= 11 is 3.42. The van der Waals surface area contributed by atoms with Gasteiger partial charge in [0.05, 0.1) is 5.69 Å². The monoisotopic (exact) mass is 346 g/mol. The Balaban J connectivity index is 1.94.